The van der Waals surface area contributed by atoms with E-state index in [0.29, 0.717) is 19.8 Å². The number of alkyl halides is 4. The van der Waals surface area contributed by atoms with Crippen molar-refractivity contribution in [1.29, 1.82) is 0 Å². The lowest BCUT2D eigenvalue weighted by Crippen LogP contribution is -2.59. The van der Waals surface area contributed by atoms with Gasteiger partial charge in [-0.15, -0.1) is 0 Å². The number of thioether (sulfide) groups is 1. The van der Waals surface area contributed by atoms with Gasteiger partial charge >= 0.3 is 13.2 Å². The zero-order chi connectivity index (χ0) is 22.3. The molecule has 3 rings (SSSR count). The average molecular weight is 464 g/mol. The number of carbonyl (C=O) groups is 1. The second kappa shape index (κ2) is 11.1. The molecule has 0 aromatic heterocycles. The lowest BCUT2D eigenvalue weighted by Gasteiger charge is -2.42. The van der Waals surface area contributed by atoms with E-state index < -0.39 is 13.2 Å². The summed E-state index contributed by atoms with van der Waals surface area (Å²) in [4.78, 5) is 14.7. The van der Waals surface area contributed by atoms with Crippen LogP contribution < -0.4 is 14.8 Å². The van der Waals surface area contributed by atoms with Crippen molar-refractivity contribution in [3.8, 4) is 11.5 Å². The Morgan fingerprint density at radius 2 is 1.97 bits per heavy atom. The summed E-state index contributed by atoms with van der Waals surface area (Å²) in [6, 6.07) is 3.38. The summed E-state index contributed by atoms with van der Waals surface area (Å²) >= 11 is 1.85. The number of nitrogens with one attached hydrogen (secondary N) is 1. The number of benzene rings is 1. The van der Waals surface area contributed by atoms with Gasteiger partial charge in [-0.05, 0) is 30.4 Å². The molecule has 6 nitrogen and oxygen atoms in total. The summed E-state index contributed by atoms with van der Waals surface area (Å²) in [6.07, 6.45) is 3.46. The monoisotopic (exact) mass is 464 g/mol. The Balaban J connectivity index is 1.64. The van der Waals surface area contributed by atoms with Gasteiger partial charge in [0.15, 0.2) is 0 Å². The Kier molecular flexibility index (Phi) is 8.44. The van der Waals surface area contributed by atoms with Crippen LogP contribution in [0.4, 0.5) is 17.6 Å². The molecule has 2 aliphatic rings. The van der Waals surface area contributed by atoms with Crippen LogP contribution in [0.2, 0.25) is 0 Å². The maximum atomic E-state index is 12.7. The summed E-state index contributed by atoms with van der Waals surface area (Å²) in [5.41, 5.74) is 0.00672. The highest BCUT2D eigenvalue weighted by molar-refractivity contribution is 7.99. The molecule has 2 fully saturated rings. The van der Waals surface area contributed by atoms with Gasteiger partial charge in [0.1, 0.15) is 11.5 Å². The summed E-state index contributed by atoms with van der Waals surface area (Å²) in [7, 11) is 0. The summed E-state index contributed by atoms with van der Waals surface area (Å²) < 4.78 is 64.1. The Morgan fingerprint density at radius 1 is 1.23 bits per heavy atom. The van der Waals surface area contributed by atoms with Crippen molar-refractivity contribution in [2.24, 2.45) is 0 Å². The maximum Gasteiger partial charge on any atom is 0.387 e. The maximum absolute atomic E-state index is 12.7. The zero-order valence-corrected chi connectivity index (χ0v) is 17.5. The lowest BCUT2D eigenvalue weighted by molar-refractivity contribution is -0.117. The minimum absolute atomic E-state index is 0.129. The average Bonchev–Trinajstić information content (AvgIpc) is 3.22. The van der Waals surface area contributed by atoms with Crippen LogP contribution in [0.5, 0.6) is 11.5 Å². The fourth-order valence-corrected chi connectivity index (χ4v) is 5.11. The van der Waals surface area contributed by atoms with Gasteiger partial charge in [-0.3, -0.25) is 9.69 Å². The molecule has 0 radical (unpaired) electrons. The molecule has 1 aromatic rings. The zero-order valence-electron chi connectivity index (χ0n) is 16.7. The van der Waals surface area contributed by atoms with Gasteiger partial charge in [-0.25, -0.2) is 0 Å². The van der Waals surface area contributed by atoms with E-state index in [1.165, 1.54) is 24.3 Å². The topological polar surface area (TPSA) is 60.0 Å². The number of rotatable bonds is 9. The SMILES string of the molecule is O=C(/C=C/c1ccc(OC(F)F)cc1OC(F)F)NCC1(N2CCOCC2)CCSC1. The van der Waals surface area contributed by atoms with Crippen LogP contribution in [0, 0.1) is 0 Å². The Hall–Kier alpha value is -1.98. The third kappa shape index (κ3) is 6.75. The van der Waals surface area contributed by atoms with Gasteiger partial charge in [0.2, 0.25) is 5.91 Å². The number of hydrogen-bond donors (Lipinski definition) is 1. The highest BCUT2D eigenvalue weighted by Crippen LogP contribution is 2.33. The molecule has 0 saturated carbocycles. The third-order valence-electron chi connectivity index (χ3n) is 5.20. The predicted octanol–water partition coefficient (Wildman–Crippen LogP) is 3.23. The van der Waals surface area contributed by atoms with Gasteiger partial charge in [-0.2, -0.15) is 29.3 Å². The third-order valence-corrected chi connectivity index (χ3v) is 6.43. The molecule has 1 N–H and O–H groups in total. The number of ether oxygens (including phenoxy) is 3. The summed E-state index contributed by atoms with van der Waals surface area (Å²) in [6.45, 7) is -2.83. The van der Waals surface area contributed by atoms with Crippen LogP contribution in [0.3, 0.4) is 0 Å². The Bertz CT molecular complexity index is 770. The number of carbonyl (C=O) groups excluding carboxylic acids is 1. The Morgan fingerprint density at radius 3 is 2.61 bits per heavy atom. The first-order valence-corrected chi connectivity index (χ1v) is 10.9. The number of amides is 1. The molecule has 2 heterocycles. The summed E-state index contributed by atoms with van der Waals surface area (Å²) in [5.74, 6) is 0.854. The van der Waals surface area contributed by atoms with Crippen LogP contribution in [0.1, 0.15) is 12.0 Å². The van der Waals surface area contributed by atoms with E-state index in [1.54, 1.807) is 0 Å². The second-order valence-electron chi connectivity index (χ2n) is 7.13. The quantitative estimate of drug-likeness (QED) is 0.448. The number of halogens is 4. The number of hydrogen-bond acceptors (Lipinski definition) is 6. The first-order chi connectivity index (χ1) is 14.9. The van der Waals surface area contributed by atoms with E-state index in [0.717, 1.165) is 37.1 Å². The van der Waals surface area contributed by atoms with Crippen molar-refractivity contribution in [3.05, 3.63) is 29.8 Å². The van der Waals surface area contributed by atoms with E-state index in [9.17, 15) is 22.4 Å². The van der Waals surface area contributed by atoms with E-state index in [1.807, 2.05) is 11.8 Å². The number of morpholine rings is 1. The van der Waals surface area contributed by atoms with Crippen LogP contribution in [0.15, 0.2) is 24.3 Å². The minimum atomic E-state index is -3.16. The first-order valence-electron chi connectivity index (χ1n) is 9.78. The second-order valence-corrected chi connectivity index (χ2v) is 8.24. The molecular weight excluding hydrogens is 440 g/mol. The standard InChI is InChI=1S/C20H24F4N2O4S/c21-18(22)29-15-3-1-14(16(11-15)30-19(23)24)2-4-17(27)25-12-20(5-10-31-13-20)26-6-8-28-9-7-26/h1-4,11,18-19H,5-10,12-13H2,(H,25,27)/b4-2+. The highest BCUT2D eigenvalue weighted by Gasteiger charge is 2.40. The van der Waals surface area contributed by atoms with Gasteiger partial charge in [0, 0.05) is 48.6 Å². The molecule has 31 heavy (non-hydrogen) atoms. The van der Waals surface area contributed by atoms with E-state index in [4.69, 9.17) is 4.74 Å². The van der Waals surface area contributed by atoms with E-state index in [2.05, 4.69) is 19.7 Å². The van der Waals surface area contributed by atoms with Crippen LogP contribution >= 0.6 is 11.8 Å². The first kappa shape index (κ1) is 23.7. The summed E-state index contributed by atoms with van der Waals surface area (Å²) in [5, 5.41) is 2.90. The molecule has 1 amide bonds. The van der Waals surface area contributed by atoms with Crippen molar-refractivity contribution in [1.82, 2.24) is 10.2 Å². The van der Waals surface area contributed by atoms with E-state index >= 15 is 0 Å². The van der Waals surface area contributed by atoms with Crippen LogP contribution in [-0.2, 0) is 9.53 Å². The largest absolute Gasteiger partial charge is 0.435 e. The van der Waals surface area contributed by atoms with Gasteiger partial charge < -0.3 is 19.5 Å². The van der Waals surface area contributed by atoms with E-state index in [-0.39, 0.29) is 28.5 Å². The van der Waals surface area contributed by atoms with Crippen LogP contribution in [0.25, 0.3) is 6.08 Å². The molecule has 11 heteroatoms. The molecule has 0 bridgehead atoms. The van der Waals surface area contributed by atoms with Gasteiger partial charge in [0.25, 0.3) is 0 Å². The fraction of sp³-hybridized carbons (Fsp3) is 0.550. The molecule has 2 aliphatic heterocycles. The van der Waals surface area contributed by atoms with Gasteiger partial charge in [0.05, 0.1) is 13.2 Å². The van der Waals surface area contributed by atoms with Gasteiger partial charge in [-0.1, -0.05) is 0 Å². The molecule has 1 aromatic carbocycles. The minimum Gasteiger partial charge on any atom is -0.435 e. The smallest absolute Gasteiger partial charge is 0.387 e. The molecular formula is C20H24F4N2O4S. The Labute approximate surface area is 181 Å². The predicted molar refractivity (Wildman–Crippen MR) is 109 cm³/mol. The highest BCUT2D eigenvalue weighted by atomic mass is 32.2. The van der Waals surface area contributed by atoms with Crippen molar-refractivity contribution in [2.45, 2.75) is 25.2 Å². The molecule has 0 aliphatic carbocycles. The molecule has 172 valence electrons. The molecule has 0 spiro atoms. The number of nitrogens with zero attached hydrogens (tertiary/aromatic N) is 1. The van der Waals surface area contributed by atoms with Crippen molar-refractivity contribution >= 4 is 23.7 Å². The normalized spacial score (nSPS) is 22.4. The molecule has 1 unspecified atom stereocenters. The molecule has 2 saturated heterocycles. The van der Waals surface area contributed by atoms with Crippen molar-refractivity contribution < 1.29 is 36.6 Å². The lowest BCUT2D eigenvalue weighted by atomic mass is 9.95. The van der Waals surface area contributed by atoms with Crippen LogP contribution in [-0.4, -0.2) is 73.9 Å². The van der Waals surface area contributed by atoms with Crippen molar-refractivity contribution in [2.75, 3.05) is 44.4 Å². The van der Waals surface area contributed by atoms with Crippen molar-refractivity contribution in [3.63, 3.8) is 0 Å². The fourth-order valence-electron chi connectivity index (χ4n) is 3.64. The molecule has 1 atom stereocenters.